The van der Waals surface area contributed by atoms with Crippen molar-refractivity contribution in [1.29, 1.82) is 0 Å². The number of carbonyl (C=O) groups excluding carboxylic acids is 1. The predicted molar refractivity (Wildman–Crippen MR) is 82.5 cm³/mol. The number of thiophene rings is 1. The van der Waals surface area contributed by atoms with Gasteiger partial charge in [0.05, 0.1) is 7.11 Å². The number of guanidine groups is 1. The number of nitrogens with one attached hydrogen (secondary N) is 1. The molecular formula is C15H15N3O2S. The number of amides is 1. The Bertz CT molecular complexity index is 697. The lowest BCUT2D eigenvalue weighted by Gasteiger charge is -2.23. The van der Waals surface area contributed by atoms with Gasteiger partial charge in [-0.3, -0.25) is 10.1 Å². The summed E-state index contributed by atoms with van der Waals surface area (Å²) in [7, 11) is 1.59. The Balaban J connectivity index is 2.10. The summed E-state index contributed by atoms with van der Waals surface area (Å²) in [5, 5.41) is 4.59. The maximum atomic E-state index is 12.5. The van der Waals surface area contributed by atoms with E-state index in [9.17, 15) is 4.79 Å². The molecule has 0 fully saturated rings. The molecule has 21 heavy (non-hydrogen) atoms. The third-order valence-corrected chi connectivity index (χ3v) is 4.36. The fourth-order valence-electron chi connectivity index (χ4n) is 2.47. The fourth-order valence-corrected chi connectivity index (χ4v) is 3.25. The second-order valence-electron chi connectivity index (χ2n) is 4.80. The first-order valence-corrected chi connectivity index (χ1v) is 7.36. The number of rotatable bonds is 4. The minimum absolute atomic E-state index is 0.152. The lowest BCUT2D eigenvalue weighted by molar-refractivity contribution is -0.124. The molecular weight excluding hydrogens is 286 g/mol. The van der Waals surface area contributed by atoms with Gasteiger partial charge in [0.1, 0.15) is 5.75 Å². The molecule has 0 unspecified atom stereocenters. The average molecular weight is 301 g/mol. The molecule has 3 rings (SSSR count). The van der Waals surface area contributed by atoms with Crippen LogP contribution < -0.4 is 15.8 Å². The van der Waals surface area contributed by atoms with Crippen molar-refractivity contribution in [2.75, 3.05) is 7.11 Å². The van der Waals surface area contributed by atoms with Gasteiger partial charge in [-0.05, 0) is 29.1 Å². The quantitative estimate of drug-likeness (QED) is 0.901. The molecule has 1 atom stereocenters. The number of hydrogen-bond donors (Lipinski definition) is 2. The van der Waals surface area contributed by atoms with E-state index in [2.05, 4.69) is 10.3 Å². The number of benzene rings is 1. The Morgan fingerprint density at radius 3 is 2.86 bits per heavy atom. The Morgan fingerprint density at radius 1 is 1.38 bits per heavy atom. The monoisotopic (exact) mass is 301 g/mol. The minimum atomic E-state index is -1.02. The molecule has 0 bridgehead atoms. The van der Waals surface area contributed by atoms with Gasteiger partial charge < -0.3 is 10.5 Å². The standard InChI is InChI=1S/C15H15N3O2S/c1-20-11-5-2-4-10(8-11)15(9-12-6-3-7-21-12)13(19)17-14(16)18-15/h2-8H,9H2,1H3,(H3,16,17,18,19)/t15-/m0/s1. The van der Waals surface area contributed by atoms with Gasteiger partial charge in [-0.2, -0.15) is 0 Å². The molecule has 0 spiro atoms. The van der Waals surface area contributed by atoms with E-state index in [0.717, 1.165) is 10.4 Å². The first kappa shape index (κ1) is 13.6. The highest BCUT2D eigenvalue weighted by atomic mass is 32.1. The van der Waals surface area contributed by atoms with E-state index < -0.39 is 5.54 Å². The van der Waals surface area contributed by atoms with Gasteiger partial charge >= 0.3 is 0 Å². The average Bonchev–Trinajstić information content (AvgIpc) is 3.08. The van der Waals surface area contributed by atoms with Crippen LogP contribution in [0.2, 0.25) is 0 Å². The molecule has 2 aromatic rings. The molecule has 1 aromatic carbocycles. The smallest absolute Gasteiger partial charge is 0.259 e. The summed E-state index contributed by atoms with van der Waals surface area (Å²) in [4.78, 5) is 18.0. The number of ether oxygens (including phenoxy) is 1. The Kier molecular flexibility index (Phi) is 3.39. The summed E-state index contributed by atoms with van der Waals surface area (Å²) in [5.74, 6) is 0.632. The van der Waals surface area contributed by atoms with E-state index in [1.807, 2.05) is 41.8 Å². The van der Waals surface area contributed by atoms with Crippen LogP contribution in [0.3, 0.4) is 0 Å². The molecule has 0 saturated carbocycles. The molecule has 0 radical (unpaired) electrons. The van der Waals surface area contributed by atoms with Gasteiger partial charge in [-0.25, -0.2) is 4.99 Å². The molecule has 1 aliphatic rings. The fraction of sp³-hybridized carbons (Fsp3) is 0.200. The second kappa shape index (κ2) is 5.21. The maximum Gasteiger partial charge on any atom is 0.259 e. The summed E-state index contributed by atoms with van der Waals surface area (Å²) in [5.41, 5.74) is 5.47. The topological polar surface area (TPSA) is 76.7 Å². The molecule has 1 aliphatic heterocycles. The molecule has 0 aliphatic carbocycles. The largest absolute Gasteiger partial charge is 0.497 e. The van der Waals surface area contributed by atoms with Gasteiger partial charge in [0.2, 0.25) is 0 Å². The van der Waals surface area contributed by atoms with Crippen molar-refractivity contribution >= 4 is 23.2 Å². The second-order valence-corrected chi connectivity index (χ2v) is 5.83. The predicted octanol–water partition coefficient (Wildman–Crippen LogP) is 1.64. The first-order valence-electron chi connectivity index (χ1n) is 6.48. The number of carbonyl (C=O) groups is 1. The summed E-state index contributed by atoms with van der Waals surface area (Å²) >= 11 is 1.59. The van der Waals surface area contributed by atoms with E-state index in [4.69, 9.17) is 10.5 Å². The van der Waals surface area contributed by atoms with Crippen LogP contribution in [0, 0.1) is 0 Å². The normalized spacial score (nSPS) is 21.0. The zero-order chi connectivity index (χ0) is 14.9. The Labute approximate surface area is 126 Å². The van der Waals surface area contributed by atoms with Crippen molar-refractivity contribution in [3.8, 4) is 5.75 Å². The van der Waals surface area contributed by atoms with E-state index in [1.54, 1.807) is 18.4 Å². The van der Waals surface area contributed by atoms with Gasteiger partial charge in [-0.1, -0.05) is 18.2 Å². The van der Waals surface area contributed by atoms with Crippen molar-refractivity contribution in [2.45, 2.75) is 12.0 Å². The molecule has 108 valence electrons. The van der Waals surface area contributed by atoms with E-state index in [1.165, 1.54) is 0 Å². The summed E-state index contributed by atoms with van der Waals surface area (Å²) < 4.78 is 5.25. The van der Waals surface area contributed by atoms with Crippen LogP contribution in [-0.2, 0) is 16.8 Å². The third-order valence-electron chi connectivity index (χ3n) is 3.49. The van der Waals surface area contributed by atoms with E-state index >= 15 is 0 Å². The van der Waals surface area contributed by atoms with Crippen LogP contribution >= 0.6 is 11.3 Å². The molecule has 1 amide bonds. The SMILES string of the molecule is COc1cccc([C@]2(Cc3cccs3)N=C(N)NC2=O)c1. The third kappa shape index (κ3) is 2.38. The lowest BCUT2D eigenvalue weighted by Crippen LogP contribution is -2.40. The summed E-state index contributed by atoms with van der Waals surface area (Å²) in [6.07, 6.45) is 0.477. The molecule has 2 heterocycles. The summed E-state index contributed by atoms with van der Waals surface area (Å²) in [6, 6.07) is 11.3. The minimum Gasteiger partial charge on any atom is -0.497 e. The number of methoxy groups -OCH3 is 1. The van der Waals surface area contributed by atoms with E-state index in [0.29, 0.717) is 12.2 Å². The van der Waals surface area contributed by atoms with Crippen molar-refractivity contribution in [2.24, 2.45) is 10.7 Å². The van der Waals surface area contributed by atoms with Crippen molar-refractivity contribution in [3.63, 3.8) is 0 Å². The molecule has 1 aromatic heterocycles. The molecule has 0 saturated heterocycles. The summed E-state index contributed by atoms with van der Waals surface area (Å²) in [6.45, 7) is 0. The van der Waals surface area contributed by atoms with Gasteiger partial charge in [-0.15, -0.1) is 11.3 Å². The number of nitrogens with zero attached hydrogens (tertiary/aromatic N) is 1. The van der Waals surface area contributed by atoms with Crippen LogP contribution in [0.4, 0.5) is 0 Å². The Morgan fingerprint density at radius 2 is 2.24 bits per heavy atom. The van der Waals surface area contributed by atoms with Crippen LogP contribution in [0.15, 0.2) is 46.8 Å². The lowest BCUT2D eigenvalue weighted by atomic mass is 9.86. The van der Waals surface area contributed by atoms with Crippen LogP contribution in [0.5, 0.6) is 5.75 Å². The van der Waals surface area contributed by atoms with Crippen LogP contribution in [-0.4, -0.2) is 19.0 Å². The van der Waals surface area contributed by atoms with Gasteiger partial charge in [0, 0.05) is 11.3 Å². The van der Waals surface area contributed by atoms with Crippen molar-refractivity contribution in [1.82, 2.24) is 5.32 Å². The highest BCUT2D eigenvalue weighted by Crippen LogP contribution is 2.35. The zero-order valence-electron chi connectivity index (χ0n) is 11.5. The zero-order valence-corrected chi connectivity index (χ0v) is 12.3. The van der Waals surface area contributed by atoms with Crippen molar-refractivity contribution in [3.05, 3.63) is 52.2 Å². The number of nitrogens with two attached hydrogens (primary N) is 1. The highest BCUT2D eigenvalue weighted by molar-refractivity contribution is 7.09. The number of aliphatic imine (C=N–C) groups is 1. The van der Waals surface area contributed by atoms with Crippen molar-refractivity contribution < 1.29 is 9.53 Å². The van der Waals surface area contributed by atoms with Gasteiger partial charge in [0.15, 0.2) is 11.5 Å². The maximum absolute atomic E-state index is 12.5. The highest BCUT2D eigenvalue weighted by Gasteiger charge is 2.45. The van der Waals surface area contributed by atoms with Crippen LogP contribution in [0.25, 0.3) is 0 Å². The molecule has 6 heteroatoms. The Hall–Kier alpha value is -2.34. The molecule has 3 N–H and O–H groups in total. The molecule has 5 nitrogen and oxygen atoms in total. The van der Waals surface area contributed by atoms with Gasteiger partial charge in [0.25, 0.3) is 5.91 Å². The van der Waals surface area contributed by atoms with E-state index in [-0.39, 0.29) is 11.9 Å². The van der Waals surface area contributed by atoms with Crippen LogP contribution in [0.1, 0.15) is 10.4 Å². The first-order chi connectivity index (χ1) is 10.1. The number of hydrogen-bond acceptors (Lipinski definition) is 5.